The van der Waals surface area contributed by atoms with E-state index in [0.29, 0.717) is 0 Å². The summed E-state index contributed by atoms with van der Waals surface area (Å²) in [5, 5.41) is 0. The van der Waals surface area contributed by atoms with Crippen LogP contribution in [0.25, 0.3) is 0 Å². The van der Waals surface area contributed by atoms with Gasteiger partial charge in [0.05, 0.1) is 0 Å². The van der Waals surface area contributed by atoms with E-state index in [0.717, 1.165) is 12.3 Å². The van der Waals surface area contributed by atoms with Crippen molar-refractivity contribution < 1.29 is 0 Å². The summed E-state index contributed by atoms with van der Waals surface area (Å²) >= 11 is 3.65. The molecule has 0 saturated heterocycles. The van der Waals surface area contributed by atoms with E-state index in [1.54, 1.807) is 0 Å². The number of nitrogens with two attached hydrogens (primary N) is 1. The second-order valence-electron chi connectivity index (χ2n) is 6.22. The van der Waals surface area contributed by atoms with Crippen molar-refractivity contribution in [3.05, 3.63) is 34.3 Å². The van der Waals surface area contributed by atoms with Crippen molar-refractivity contribution in [3.63, 3.8) is 0 Å². The SMILES string of the molecule is CCCC1CCCC(N)(Cc2ccccc2Br)CC1. The maximum atomic E-state index is 6.70. The predicted octanol–water partition coefficient (Wildman–Crippen LogP) is 5.07. The van der Waals surface area contributed by atoms with Crippen molar-refractivity contribution in [3.8, 4) is 0 Å². The average molecular weight is 324 g/mol. The Hall–Kier alpha value is -0.340. The Labute approximate surface area is 126 Å². The highest BCUT2D eigenvalue weighted by atomic mass is 79.9. The van der Waals surface area contributed by atoms with Gasteiger partial charge in [-0.2, -0.15) is 0 Å². The highest BCUT2D eigenvalue weighted by Crippen LogP contribution is 2.34. The summed E-state index contributed by atoms with van der Waals surface area (Å²) in [5.74, 6) is 0.912. The molecule has 1 nitrogen and oxygen atoms in total. The number of hydrogen-bond acceptors (Lipinski definition) is 1. The lowest BCUT2D eigenvalue weighted by Gasteiger charge is -2.29. The van der Waals surface area contributed by atoms with Crippen LogP contribution in [0.4, 0.5) is 0 Å². The minimum absolute atomic E-state index is 0.00631. The molecule has 2 rings (SSSR count). The minimum atomic E-state index is 0.00631. The quantitative estimate of drug-likeness (QED) is 0.769. The molecule has 2 atom stereocenters. The normalized spacial score (nSPS) is 28.1. The topological polar surface area (TPSA) is 26.0 Å². The van der Waals surface area contributed by atoms with Crippen LogP contribution in [-0.2, 0) is 6.42 Å². The first-order valence-electron chi connectivity index (χ1n) is 7.65. The van der Waals surface area contributed by atoms with Gasteiger partial charge in [0.2, 0.25) is 0 Å². The van der Waals surface area contributed by atoms with E-state index in [1.165, 1.54) is 55.0 Å². The Morgan fingerprint density at radius 2 is 2.05 bits per heavy atom. The average Bonchev–Trinajstić information content (AvgIpc) is 2.56. The predicted molar refractivity (Wildman–Crippen MR) is 86.2 cm³/mol. The second kappa shape index (κ2) is 6.90. The molecule has 0 radical (unpaired) electrons. The molecule has 0 bridgehead atoms. The summed E-state index contributed by atoms with van der Waals surface area (Å²) in [4.78, 5) is 0. The molecule has 19 heavy (non-hydrogen) atoms. The van der Waals surface area contributed by atoms with Crippen molar-refractivity contribution in [2.45, 2.75) is 63.8 Å². The van der Waals surface area contributed by atoms with E-state index in [2.05, 4.69) is 47.1 Å². The van der Waals surface area contributed by atoms with E-state index in [1.807, 2.05) is 0 Å². The number of benzene rings is 1. The van der Waals surface area contributed by atoms with Crippen molar-refractivity contribution in [1.29, 1.82) is 0 Å². The lowest BCUT2D eigenvalue weighted by molar-refractivity contribution is 0.354. The van der Waals surface area contributed by atoms with Crippen LogP contribution in [0.2, 0.25) is 0 Å². The molecule has 106 valence electrons. The van der Waals surface area contributed by atoms with Crippen molar-refractivity contribution >= 4 is 15.9 Å². The van der Waals surface area contributed by atoms with E-state index in [4.69, 9.17) is 5.73 Å². The smallest absolute Gasteiger partial charge is 0.0207 e. The summed E-state index contributed by atoms with van der Waals surface area (Å²) in [5.41, 5.74) is 8.06. The van der Waals surface area contributed by atoms with Crippen LogP contribution in [0.1, 0.15) is 57.4 Å². The molecule has 1 aliphatic rings. The number of rotatable bonds is 4. The van der Waals surface area contributed by atoms with Gasteiger partial charge in [0.1, 0.15) is 0 Å². The molecule has 1 saturated carbocycles. The zero-order valence-electron chi connectivity index (χ0n) is 12.0. The standard InChI is InChI=1S/C17H26BrN/c1-2-6-14-7-5-11-17(19,12-10-14)13-15-8-3-4-9-16(15)18/h3-4,8-9,14H,2,5-7,10-13,19H2,1H3. The fraction of sp³-hybridized carbons (Fsp3) is 0.647. The summed E-state index contributed by atoms with van der Waals surface area (Å²) in [6.07, 6.45) is 10.0. The fourth-order valence-corrected chi connectivity index (χ4v) is 3.82. The van der Waals surface area contributed by atoms with Gasteiger partial charge in [0.25, 0.3) is 0 Å². The van der Waals surface area contributed by atoms with Gasteiger partial charge in [-0.25, -0.2) is 0 Å². The Balaban J connectivity index is 2.01. The summed E-state index contributed by atoms with van der Waals surface area (Å²) < 4.78 is 1.20. The molecule has 0 heterocycles. The Kier molecular flexibility index (Phi) is 5.47. The van der Waals surface area contributed by atoms with Crippen LogP contribution >= 0.6 is 15.9 Å². The molecule has 0 spiro atoms. The zero-order chi connectivity index (χ0) is 13.7. The van der Waals surface area contributed by atoms with Crippen molar-refractivity contribution in [1.82, 2.24) is 0 Å². The van der Waals surface area contributed by atoms with E-state index >= 15 is 0 Å². The van der Waals surface area contributed by atoms with Crippen LogP contribution in [0.15, 0.2) is 28.7 Å². The Morgan fingerprint density at radius 1 is 1.26 bits per heavy atom. The molecule has 0 aliphatic heterocycles. The monoisotopic (exact) mass is 323 g/mol. The van der Waals surface area contributed by atoms with Gasteiger partial charge in [0.15, 0.2) is 0 Å². The summed E-state index contributed by atoms with van der Waals surface area (Å²) in [6, 6.07) is 8.50. The highest BCUT2D eigenvalue weighted by Gasteiger charge is 2.29. The van der Waals surface area contributed by atoms with Gasteiger partial charge < -0.3 is 5.73 Å². The van der Waals surface area contributed by atoms with Gasteiger partial charge in [-0.05, 0) is 43.2 Å². The largest absolute Gasteiger partial charge is 0.325 e. The zero-order valence-corrected chi connectivity index (χ0v) is 13.6. The van der Waals surface area contributed by atoms with Gasteiger partial charge in [0, 0.05) is 10.0 Å². The third-order valence-electron chi connectivity index (χ3n) is 4.53. The van der Waals surface area contributed by atoms with Gasteiger partial charge >= 0.3 is 0 Å². The van der Waals surface area contributed by atoms with Crippen LogP contribution < -0.4 is 5.73 Å². The van der Waals surface area contributed by atoms with Crippen LogP contribution in [0.5, 0.6) is 0 Å². The molecular formula is C17H26BrN. The summed E-state index contributed by atoms with van der Waals surface area (Å²) in [6.45, 7) is 2.29. The van der Waals surface area contributed by atoms with E-state index in [-0.39, 0.29) is 5.54 Å². The second-order valence-corrected chi connectivity index (χ2v) is 7.07. The number of hydrogen-bond donors (Lipinski definition) is 1. The molecular weight excluding hydrogens is 298 g/mol. The fourth-order valence-electron chi connectivity index (χ4n) is 3.40. The number of halogens is 1. The lowest BCUT2D eigenvalue weighted by Crippen LogP contribution is -2.41. The van der Waals surface area contributed by atoms with Crippen LogP contribution in [0.3, 0.4) is 0 Å². The van der Waals surface area contributed by atoms with Crippen molar-refractivity contribution in [2.75, 3.05) is 0 Å². The molecule has 1 aromatic rings. The lowest BCUT2D eigenvalue weighted by atomic mass is 9.84. The molecule has 1 aliphatic carbocycles. The minimum Gasteiger partial charge on any atom is -0.325 e. The Bertz CT molecular complexity index is 404. The maximum Gasteiger partial charge on any atom is 0.0207 e. The van der Waals surface area contributed by atoms with Crippen molar-refractivity contribution in [2.24, 2.45) is 11.7 Å². The van der Waals surface area contributed by atoms with Gasteiger partial charge in [-0.1, -0.05) is 66.7 Å². The van der Waals surface area contributed by atoms with E-state index in [9.17, 15) is 0 Å². The van der Waals surface area contributed by atoms with Gasteiger partial charge in [-0.3, -0.25) is 0 Å². The third kappa shape index (κ3) is 4.32. The Morgan fingerprint density at radius 3 is 2.79 bits per heavy atom. The maximum absolute atomic E-state index is 6.70. The van der Waals surface area contributed by atoms with E-state index < -0.39 is 0 Å². The molecule has 2 heteroatoms. The molecule has 0 aromatic heterocycles. The third-order valence-corrected chi connectivity index (χ3v) is 5.31. The first kappa shape index (κ1) is 15.1. The first-order chi connectivity index (χ1) is 9.13. The molecule has 1 aromatic carbocycles. The van der Waals surface area contributed by atoms with Gasteiger partial charge in [-0.15, -0.1) is 0 Å². The first-order valence-corrected chi connectivity index (χ1v) is 8.44. The molecule has 1 fully saturated rings. The highest BCUT2D eigenvalue weighted by molar-refractivity contribution is 9.10. The molecule has 0 amide bonds. The van der Waals surface area contributed by atoms with Crippen LogP contribution in [-0.4, -0.2) is 5.54 Å². The molecule has 2 N–H and O–H groups in total. The summed E-state index contributed by atoms with van der Waals surface area (Å²) in [7, 11) is 0. The van der Waals surface area contributed by atoms with Crippen LogP contribution in [0, 0.1) is 5.92 Å². The molecule has 2 unspecified atom stereocenters.